The van der Waals surface area contributed by atoms with Crippen molar-refractivity contribution in [1.82, 2.24) is 15.0 Å². The Hall–Kier alpha value is -1.82. The molecule has 3 heterocycles. The molecule has 0 aliphatic carbocycles. The van der Waals surface area contributed by atoms with Crippen molar-refractivity contribution < 1.29 is 4.79 Å². The van der Waals surface area contributed by atoms with Crippen LogP contribution < -0.4 is 0 Å². The predicted molar refractivity (Wildman–Crippen MR) is 97.7 cm³/mol. The summed E-state index contributed by atoms with van der Waals surface area (Å²) in [6, 6.07) is 4.15. The first-order valence-electron chi connectivity index (χ1n) is 7.33. The van der Waals surface area contributed by atoms with Crippen LogP contribution in [0.25, 0.3) is 10.2 Å². The smallest absolute Gasteiger partial charge is 0.167 e. The van der Waals surface area contributed by atoms with E-state index < -0.39 is 5.92 Å². The summed E-state index contributed by atoms with van der Waals surface area (Å²) in [7, 11) is 0. The van der Waals surface area contributed by atoms with E-state index in [4.69, 9.17) is 0 Å². The second-order valence-electron chi connectivity index (χ2n) is 5.11. The lowest BCUT2D eigenvalue weighted by Crippen LogP contribution is -2.13. The first-order chi connectivity index (χ1) is 11.6. The topological polar surface area (TPSA) is 79.5 Å². The zero-order valence-corrected chi connectivity index (χ0v) is 15.6. The van der Waals surface area contributed by atoms with Crippen molar-refractivity contribution >= 4 is 50.4 Å². The van der Waals surface area contributed by atoms with Crippen molar-refractivity contribution in [2.45, 2.75) is 31.2 Å². The zero-order chi connectivity index (χ0) is 17.1. The molecule has 3 aromatic heterocycles. The fraction of sp³-hybridized carbons (Fsp3) is 0.312. The van der Waals surface area contributed by atoms with Crippen LogP contribution in [0.5, 0.6) is 0 Å². The van der Waals surface area contributed by atoms with E-state index in [0.717, 1.165) is 27.4 Å². The highest BCUT2D eigenvalue weighted by molar-refractivity contribution is 8.00. The maximum absolute atomic E-state index is 12.4. The van der Waals surface area contributed by atoms with E-state index >= 15 is 0 Å². The minimum absolute atomic E-state index is 0.144. The van der Waals surface area contributed by atoms with Gasteiger partial charge in [0.15, 0.2) is 11.7 Å². The predicted octanol–water partition coefficient (Wildman–Crippen LogP) is 3.99. The van der Waals surface area contributed by atoms with Gasteiger partial charge in [-0.25, -0.2) is 15.0 Å². The van der Waals surface area contributed by atoms with E-state index in [1.54, 1.807) is 11.3 Å². The number of nitriles is 1. The van der Waals surface area contributed by atoms with Gasteiger partial charge in [0.05, 0.1) is 11.8 Å². The third-order valence-corrected chi connectivity index (χ3v) is 6.62. The average molecular weight is 375 g/mol. The van der Waals surface area contributed by atoms with Crippen LogP contribution in [0.15, 0.2) is 22.8 Å². The Labute approximate surface area is 151 Å². The van der Waals surface area contributed by atoms with Crippen LogP contribution in [0.4, 0.5) is 0 Å². The molecule has 0 bridgehead atoms. The molecule has 0 N–H and O–H groups in total. The second-order valence-corrected chi connectivity index (χ2v) is 8.08. The monoisotopic (exact) mass is 374 g/mol. The summed E-state index contributed by atoms with van der Waals surface area (Å²) in [5.74, 6) is -0.753. The van der Waals surface area contributed by atoms with Crippen LogP contribution in [-0.2, 0) is 11.2 Å². The molecule has 0 saturated heterocycles. The molecule has 122 valence electrons. The number of hydrogen-bond acceptors (Lipinski definition) is 8. The van der Waals surface area contributed by atoms with Crippen LogP contribution in [0.3, 0.4) is 0 Å². The number of thiophene rings is 1. The van der Waals surface area contributed by atoms with E-state index in [-0.39, 0.29) is 11.5 Å². The van der Waals surface area contributed by atoms with Gasteiger partial charge in [0.25, 0.3) is 0 Å². The van der Waals surface area contributed by atoms with Crippen LogP contribution in [0.1, 0.15) is 28.4 Å². The van der Waals surface area contributed by atoms with E-state index in [9.17, 15) is 10.1 Å². The lowest BCUT2D eigenvalue weighted by Gasteiger charge is -2.05. The van der Waals surface area contributed by atoms with Crippen molar-refractivity contribution in [3.8, 4) is 6.07 Å². The van der Waals surface area contributed by atoms with E-state index in [1.807, 2.05) is 12.3 Å². The summed E-state index contributed by atoms with van der Waals surface area (Å²) in [5.41, 5.74) is 0.832. The van der Waals surface area contributed by atoms with Gasteiger partial charge >= 0.3 is 0 Å². The molecule has 5 nitrogen and oxygen atoms in total. The number of rotatable bonds is 6. The molecule has 24 heavy (non-hydrogen) atoms. The molecule has 0 spiro atoms. The first-order valence-corrected chi connectivity index (χ1v) is 10.0. The number of ketones is 1. The molecule has 0 radical (unpaired) electrons. The van der Waals surface area contributed by atoms with Gasteiger partial charge in [0.2, 0.25) is 0 Å². The largest absolute Gasteiger partial charge is 0.297 e. The number of hydrogen-bond donors (Lipinski definition) is 0. The number of nitrogens with zero attached hydrogens (tertiary/aromatic N) is 4. The van der Waals surface area contributed by atoms with Crippen LogP contribution in [0.2, 0.25) is 0 Å². The number of aromatic nitrogens is 3. The van der Waals surface area contributed by atoms with Crippen molar-refractivity contribution in [3.63, 3.8) is 0 Å². The van der Waals surface area contributed by atoms with Crippen LogP contribution >= 0.6 is 34.4 Å². The van der Waals surface area contributed by atoms with Crippen LogP contribution in [0, 0.1) is 18.3 Å². The number of fused-ring (bicyclic) bond motifs is 1. The Morgan fingerprint density at radius 3 is 2.96 bits per heavy atom. The van der Waals surface area contributed by atoms with Gasteiger partial charge in [-0.2, -0.15) is 5.26 Å². The van der Waals surface area contributed by atoms with Crippen molar-refractivity contribution in [2.24, 2.45) is 0 Å². The quantitative estimate of drug-likeness (QED) is 0.479. The average Bonchev–Trinajstić information content (AvgIpc) is 3.19. The highest BCUT2D eigenvalue weighted by Crippen LogP contribution is 2.32. The lowest BCUT2D eigenvalue weighted by atomic mass is 10.1. The molecule has 3 rings (SSSR count). The van der Waals surface area contributed by atoms with Crippen LogP contribution in [-0.4, -0.2) is 26.5 Å². The fourth-order valence-corrected chi connectivity index (χ4v) is 4.90. The molecule has 0 amide bonds. The van der Waals surface area contributed by atoms with Gasteiger partial charge in [-0.3, -0.25) is 4.79 Å². The molecule has 0 saturated carbocycles. The Bertz CT molecular complexity index is 925. The highest BCUT2D eigenvalue weighted by Gasteiger charge is 2.23. The van der Waals surface area contributed by atoms with E-state index in [1.165, 1.54) is 34.3 Å². The van der Waals surface area contributed by atoms with E-state index in [0.29, 0.717) is 5.01 Å². The maximum atomic E-state index is 12.4. The molecule has 0 aromatic carbocycles. The minimum atomic E-state index is -0.804. The highest BCUT2D eigenvalue weighted by atomic mass is 32.2. The normalized spacial score (nSPS) is 12.2. The number of aryl methyl sites for hydroxylation is 2. The molecule has 0 fully saturated rings. The SMILES string of the molecule is CCc1cc2c(SCC(=O)[C@H](C#N)c3nc(C)cs3)ncnc2s1. The molecular formula is C16H14N4OS3. The van der Waals surface area contributed by atoms with Gasteiger partial charge in [-0.15, -0.1) is 22.7 Å². The zero-order valence-electron chi connectivity index (χ0n) is 13.1. The fourth-order valence-electron chi connectivity index (χ4n) is 2.17. The number of carbonyl (C=O) groups excluding carboxylic acids is 1. The van der Waals surface area contributed by atoms with Gasteiger partial charge in [0.1, 0.15) is 21.2 Å². The van der Waals surface area contributed by atoms with Gasteiger partial charge in [0, 0.05) is 21.3 Å². The molecule has 0 aliphatic rings. The molecular weight excluding hydrogens is 360 g/mol. The Morgan fingerprint density at radius 1 is 1.46 bits per heavy atom. The van der Waals surface area contributed by atoms with Crippen molar-refractivity contribution in [1.29, 1.82) is 5.26 Å². The van der Waals surface area contributed by atoms with Gasteiger partial charge < -0.3 is 0 Å². The molecule has 0 aliphatic heterocycles. The number of thioether (sulfide) groups is 1. The first kappa shape index (κ1) is 17.0. The summed E-state index contributed by atoms with van der Waals surface area (Å²) >= 11 is 4.36. The Morgan fingerprint density at radius 2 is 2.29 bits per heavy atom. The molecule has 8 heteroatoms. The summed E-state index contributed by atoms with van der Waals surface area (Å²) in [4.78, 5) is 27.5. The van der Waals surface area contributed by atoms with Crippen molar-refractivity contribution in [3.05, 3.63) is 33.4 Å². The summed E-state index contributed by atoms with van der Waals surface area (Å²) < 4.78 is 0. The Balaban J connectivity index is 1.76. The van der Waals surface area contributed by atoms with Crippen molar-refractivity contribution in [2.75, 3.05) is 5.75 Å². The standard InChI is InChI=1S/C16H14N4OS3/c1-3-10-4-11-14(18-8-19-15(11)24-10)23-7-13(21)12(5-17)16-20-9(2)6-22-16/h4,6,8,12H,3,7H2,1-2H3/t12-/m0/s1. The summed E-state index contributed by atoms with van der Waals surface area (Å²) in [5, 5.41) is 13.5. The number of Topliss-reactive ketones (excluding diaryl/α,β-unsaturated/α-hetero) is 1. The van der Waals surface area contributed by atoms with E-state index in [2.05, 4.69) is 34.0 Å². The molecule has 0 unspecified atom stereocenters. The maximum Gasteiger partial charge on any atom is 0.167 e. The van der Waals surface area contributed by atoms with Gasteiger partial charge in [-0.05, 0) is 19.4 Å². The Kier molecular flexibility index (Phi) is 5.23. The summed E-state index contributed by atoms with van der Waals surface area (Å²) in [6.07, 6.45) is 2.47. The minimum Gasteiger partial charge on any atom is -0.297 e. The summed E-state index contributed by atoms with van der Waals surface area (Å²) in [6.45, 7) is 3.95. The molecule has 1 atom stereocenters. The second kappa shape index (κ2) is 7.38. The number of carbonyl (C=O) groups is 1. The third kappa shape index (κ3) is 3.48. The lowest BCUT2D eigenvalue weighted by molar-refractivity contribution is -0.116. The third-order valence-electron chi connectivity index (χ3n) is 3.38. The van der Waals surface area contributed by atoms with Gasteiger partial charge in [-0.1, -0.05) is 18.7 Å². The molecule has 3 aromatic rings. The number of thiazole rings is 1.